The van der Waals surface area contributed by atoms with Gasteiger partial charge in [-0.2, -0.15) is 5.26 Å². The Morgan fingerprint density at radius 1 is 1.12 bits per heavy atom. The molecule has 2 aromatic carbocycles. The summed E-state index contributed by atoms with van der Waals surface area (Å²) in [5.41, 5.74) is 7.64. The maximum atomic E-state index is 13.5. The molecule has 0 fully saturated rings. The summed E-state index contributed by atoms with van der Waals surface area (Å²) in [6.07, 6.45) is 0. The quantitative estimate of drug-likeness (QED) is 0.577. The van der Waals surface area contributed by atoms with Crippen molar-refractivity contribution in [3.05, 3.63) is 76.1 Å². The normalized spacial score (nSPS) is 10.2. The van der Waals surface area contributed by atoms with Crippen molar-refractivity contribution < 1.29 is 9.31 Å². The van der Waals surface area contributed by atoms with Crippen LogP contribution in [0, 0.1) is 27.3 Å². The number of halogens is 1. The molecule has 3 aromatic rings. The van der Waals surface area contributed by atoms with Crippen LogP contribution in [-0.2, 0) is 0 Å². The third-order valence-electron chi connectivity index (χ3n) is 3.65. The van der Waals surface area contributed by atoms with Gasteiger partial charge in [-0.05, 0) is 23.8 Å². The molecule has 0 bridgehead atoms. The second kappa shape index (κ2) is 6.37. The van der Waals surface area contributed by atoms with Gasteiger partial charge < -0.3 is 5.73 Å². The van der Waals surface area contributed by atoms with Gasteiger partial charge in [-0.1, -0.05) is 24.3 Å². The van der Waals surface area contributed by atoms with Gasteiger partial charge in [0.15, 0.2) is 0 Å². The topological polar surface area (TPSA) is 106 Å². The highest BCUT2D eigenvalue weighted by Crippen LogP contribution is 2.32. The first-order chi connectivity index (χ1) is 12.0. The predicted octanol–water partition coefficient (Wildman–Crippen LogP) is 3.92. The molecule has 122 valence electrons. The minimum Gasteiger partial charge on any atom is -0.383 e. The van der Waals surface area contributed by atoms with Gasteiger partial charge in [0.25, 0.3) is 5.69 Å². The summed E-state index contributed by atoms with van der Waals surface area (Å²) >= 11 is 0. The van der Waals surface area contributed by atoms with Crippen molar-refractivity contribution in [1.82, 2.24) is 4.98 Å². The average Bonchev–Trinajstić information content (AvgIpc) is 2.61. The van der Waals surface area contributed by atoms with Crippen molar-refractivity contribution >= 4 is 11.5 Å². The van der Waals surface area contributed by atoms with E-state index in [2.05, 4.69) is 4.98 Å². The fraction of sp³-hybridized carbons (Fsp3) is 0. The number of nitriles is 1. The Hall–Kier alpha value is -3.79. The van der Waals surface area contributed by atoms with Crippen LogP contribution in [-0.4, -0.2) is 9.91 Å². The van der Waals surface area contributed by atoms with Gasteiger partial charge in [0.2, 0.25) is 0 Å². The van der Waals surface area contributed by atoms with Gasteiger partial charge in [-0.15, -0.1) is 0 Å². The second-order valence-corrected chi connectivity index (χ2v) is 5.24. The van der Waals surface area contributed by atoms with Crippen LogP contribution in [0.2, 0.25) is 0 Å². The van der Waals surface area contributed by atoms with Gasteiger partial charge >= 0.3 is 0 Å². The molecule has 0 unspecified atom stereocenters. The average molecular weight is 334 g/mol. The molecule has 0 amide bonds. The summed E-state index contributed by atoms with van der Waals surface area (Å²) in [4.78, 5) is 14.6. The lowest BCUT2D eigenvalue weighted by Gasteiger charge is -2.10. The number of pyridine rings is 1. The summed E-state index contributed by atoms with van der Waals surface area (Å²) < 4.78 is 13.5. The Morgan fingerprint density at radius 2 is 1.84 bits per heavy atom. The lowest BCUT2D eigenvalue weighted by molar-refractivity contribution is -0.384. The zero-order valence-corrected chi connectivity index (χ0v) is 12.8. The van der Waals surface area contributed by atoms with Crippen LogP contribution in [0.15, 0.2) is 54.6 Å². The Balaban J connectivity index is 2.22. The zero-order valence-electron chi connectivity index (χ0n) is 12.8. The van der Waals surface area contributed by atoms with E-state index in [9.17, 15) is 19.8 Å². The molecule has 0 saturated heterocycles. The predicted molar refractivity (Wildman–Crippen MR) is 90.8 cm³/mol. The van der Waals surface area contributed by atoms with E-state index in [1.54, 1.807) is 18.2 Å². The summed E-state index contributed by atoms with van der Waals surface area (Å²) in [5.74, 6) is -0.473. The monoisotopic (exact) mass is 334 g/mol. The summed E-state index contributed by atoms with van der Waals surface area (Å²) in [6.45, 7) is 0. The molecule has 0 aliphatic heterocycles. The Kier molecular flexibility index (Phi) is 4.10. The molecule has 6 nitrogen and oxygen atoms in total. The number of nitrogen functional groups attached to an aromatic ring is 1. The van der Waals surface area contributed by atoms with E-state index in [-0.39, 0.29) is 17.1 Å². The first kappa shape index (κ1) is 16.1. The highest BCUT2D eigenvalue weighted by Gasteiger charge is 2.15. The molecule has 25 heavy (non-hydrogen) atoms. The summed E-state index contributed by atoms with van der Waals surface area (Å²) in [5, 5.41) is 20.3. The highest BCUT2D eigenvalue weighted by molar-refractivity contribution is 5.80. The van der Waals surface area contributed by atoms with E-state index in [4.69, 9.17) is 5.73 Å². The lowest BCUT2D eigenvalue weighted by atomic mass is 9.98. The third-order valence-corrected chi connectivity index (χ3v) is 3.65. The highest BCUT2D eigenvalue weighted by atomic mass is 19.1. The van der Waals surface area contributed by atoms with E-state index < -0.39 is 10.7 Å². The lowest BCUT2D eigenvalue weighted by Crippen LogP contribution is -2.00. The SMILES string of the molecule is N#Cc1c(-c2cccc(F)c2)cc(-c2cccc([N+](=O)[O-])c2)nc1N. The maximum Gasteiger partial charge on any atom is 0.270 e. The smallest absolute Gasteiger partial charge is 0.270 e. The van der Waals surface area contributed by atoms with Crippen molar-refractivity contribution in [2.45, 2.75) is 0 Å². The molecule has 1 heterocycles. The molecule has 3 rings (SSSR count). The number of benzene rings is 2. The van der Waals surface area contributed by atoms with Crippen LogP contribution >= 0.6 is 0 Å². The van der Waals surface area contributed by atoms with E-state index in [1.807, 2.05) is 6.07 Å². The van der Waals surface area contributed by atoms with E-state index in [0.29, 0.717) is 22.4 Å². The van der Waals surface area contributed by atoms with Crippen LogP contribution in [0.25, 0.3) is 22.4 Å². The molecule has 0 saturated carbocycles. The standard InChI is InChI=1S/C18H11FN4O2/c19-13-5-1-3-11(7-13)15-9-17(22-18(21)16(15)10-20)12-4-2-6-14(8-12)23(24)25/h1-9H,(H2,21,22). The minimum atomic E-state index is -0.510. The van der Waals surface area contributed by atoms with Crippen LogP contribution < -0.4 is 5.73 Å². The molecule has 0 aliphatic carbocycles. The number of non-ortho nitro benzene ring substituents is 1. The van der Waals surface area contributed by atoms with Gasteiger partial charge in [0.1, 0.15) is 23.3 Å². The van der Waals surface area contributed by atoms with E-state index in [0.717, 1.165) is 0 Å². The van der Waals surface area contributed by atoms with Crippen LogP contribution in [0.5, 0.6) is 0 Å². The number of hydrogen-bond acceptors (Lipinski definition) is 5. The Morgan fingerprint density at radius 3 is 2.52 bits per heavy atom. The molecule has 0 aliphatic rings. The number of hydrogen-bond donors (Lipinski definition) is 1. The number of nitro benzene ring substituents is 1. The molecule has 0 radical (unpaired) electrons. The van der Waals surface area contributed by atoms with Crippen molar-refractivity contribution in [1.29, 1.82) is 5.26 Å². The molecular weight excluding hydrogens is 323 g/mol. The van der Waals surface area contributed by atoms with E-state index >= 15 is 0 Å². The molecule has 1 aromatic heterocycles. The molecule has 7 heteroatoms. The van der Waals surface area contributed by atoms with Crippen molar-refractivity contribution in [2.24, 2.45) is 0 Å². The first-order valence-electron chi connectivity index (χ1n) is 7.21. The van der Waals surface area contributed by atoms with Gasteiger partial charge in [0, 0.05) is 23.3 Å². The summed E-state index contributed by atoms with van der Waals surface area (Å²) in [7, 11) is 0. The van der Waals surface area contributed by atoms with Crippen molar-refractivity contribution in [3.8, 4) is 28.5 Å². The van der Waals surface area contributed by atoms with E-state index in [1.165, 1.54) is 36.4 Å². The first-order valence-corrected chi connectivity index (χ1v) is 7.21. The number of aromatic nitrogens is 1. The van der Waals surface area contributed by atoms with Crippen LogP contribution in [0.1, 0.15) is 5.56 Å². The number of rotatable bonds is 3. The zero-order chi connectivity index (χ0) is 18.0. The number of nitro groups is 1. The fourth-order valence-corrected chi connectivity index (χ4v) is 2.49. The largest absolute Gasteiger partial charge is 0.383 e. The van der Waals surface area contributed by atoms with Gasteiger partial charge in [-0.25, -0.2) is 9.37 Å². The summed E-state index contributed by atoms with van der Waals surface area (Å²) in [6, 6.07) is 15.2. The molecule has 0 spiro atoms. The van der Waals surface area contributed by atoms with Crippen LogP contribution in [0.4, 0.5) is 15.9 Å². The fourth-order valence-electron chi connectivity index (χ4n) is 2.49. The van der Waals surface area contributed by atoms with Gasteiger partial charge in [0.05, 0.1) is 10.6 Å². The molecular formula is C18H11FN4O2. The second-order valence-electron chi connectivity index (χ2n) is 5.24. The number of anilines is 1. The molecule has 0 atom stereocenters. The van der Waals surface area contributed by atoms with Crippen LogP contribution in [0.3, 0.4) is 0 Å². The number of nitrogens with two attached hydrogens (primary N) is 1. The van der Waals surface area contributed by atoms with Crippen molar-refractivity contribution in [2.75, 3.05) is 5.73 Å². The maximum absolute atomic E-state index is 13.5. The minimum absolute atomic E-state index is 0.0224. The van der Waals surface area contributed by atoms with Gasteiger partial charge in [-0.3, -0.25) is 10.1 Å². The Labute approximate surface area is 142 Å². The third kappa shape index (κ3) is 3.14. The van der Waals surface area contributed by atoms with Crippen molar-refractivity contribution in [3.63, 3.8) is 0 Å². The molecule has 2 N–H and O–H groups in total. The Bertz CT molecular complexity index is 1030. The number of nitrogens with zero attached hydrogens (tertiary/aromatic N) is 3.